The fourth-order valence-corrected chi connectivity index (χ4v) is 3.58. The van der Waals surface area contributed by atoms with E-state index < -0.39 is 11.5 Å². The topological polar surface area (TPSA) is 58.9 Å². The van der Waals surface area contributed by atoms with Crippen molar-refractivity contribution in [3.63, 3.8) is 0 Å². The molecule has 3 rings (SSSR count). The SMILES string of the molecule is O=[N+]([O-])c1ccc(N2CCN(Cc3cccs3)CC2)c(OC(F)F)c1. The smallest absolute Gasteiger partial charge is 0.387 e. The van der Waals surface area contributed by atoms with Crippen molar-refractivity contribution in [1.82, 2.24) is 4.90 Å². The Morgan fingerprint density at radius 3 is 2.60 bits per heavy atom. The number of piperazine rings is 1. The summed E-state index contributed by atoms with van der Waals surface area (Å²) < 4.78 is 29.8. The molecular formula is C16H17F2N3O3S. The first-order valence-electron chi connectivity index (χ1n) is 7.76. The van der Waals surface area contributed by atoms with Gasteiger partial charge in [-0.2, -0.15) is 8.78 Å². The molecule has 6 nitrogen and oxygen atoms in total. The van der Waals surface area contributed by atoms with Crippen LogP contribution >= 0.6 is 11.3 Å². The van der Waals surface area contributed by atoms with E-state index in [1.165, 1.54) is 17.0 Å². The van der Waals surface area contributed by atoms with Crippen molar-refractivity contribution < 1.29 is 18.4 Å². The zero-order chi connectivity index (χ0) is 17.8. The van der Waals surface area contributed by atoms with E-state index in [4.69, 9.17) is 0 Å². The number of non-ortho nitro benzene ring substituents is 1. The van der Waals surface area contributed by atoms with Crippen LogP contribution < -0.4 is 9.64 Å². The van der Waals surface area contributed by atoms with Gasteiger partial charge in [0.05, 0.1) is 16.7 Å². The second-order valence-corrected chi connectivity index (χ2v) is 6.66. The molecule has 1 aromatic heterocycles. The molecule has 0 saturated carbocycles. The quantitative estimate of drug-likeness (QED) is 0.575. The van der Waals surface area contributed by atoms with E-state index in [1.54, 1.807) is 11.3 Å². The van der Waals surface area contributed by atoms with Gasteiger partial charge in [-0.1, -0.05) is 6.07 Å². The summed E-state index contributed by atoms with van der Waals surface area (Å²) in [5.74, 6) is -0.157. The summed E-state index contributed by atoms with van der Waals surface area (Å²) in [5, 5.41) is 12.9. The van der Waals surface area contributed by atoms with Crippen LogP contribution in [0.3, 0.4) is 0 Å². The molecule has 1 aliphatic rings. The molecule has 1 aliphatic heterocycles. The minimum absolute atomic E-state index is 0.157. The molecule has 9 heteroatoms. The summed E-state index contributed by atoms with van der Waals surface area (Å²) >= 11 is 1.70. The normalized spacial score (nSPS) is 15.6. The zero-order valence-electron chi connectivity index (χ0n) is 13.3. The maximum absolute atomic E-state index is 12.7. The van der Waals surface area contributed by atoms with Crippen LogP contribution in [0.4, 0.5) is 20.2 Å². The van der Waals surface area contributed by atoms with Gasteiger partial charge in [-0.05, 0) is 17.5 Å². The lowest BCUT2D eigenvalue weighted by Crippen LogP contribution is -2.46. The Hall–Kier alpha value is -2.26. The van der Waals surface area contributed by atoms with Crippen molar-refractivity contribution in [3.8, 4) is 5.75 Å². The number of hydrogen-bond donors (Lipinski definition) is 0. The Morgan fingerprint density at radius 2 is 2.00 bits per heavy atom. The van der Waals surface area contributed by atoms with Gasteiger partial charge in [-0.25, -0.2) is 0 Å². The fourth-order valence-electron chi connectivity index (χ4n) is 2.84. The summed E-state index contributed by atoms with van der Waals surface area (Å²) in [7, 11) is 0. The second kappa shape index (κ2) is 7.75. The number of benzene rings is 1. The molecule has 134 valence electrons. The van der Waals surface area contributed by atoms with Crippen LogP contribution in [-0.4, -0.2) is 42.6 Å². The third kappa shape index (κ3) is 4.43. The van der Waals surface area contributed by atoms with Gasteiger partial charge in [0, 0.05) is 43.7 Å². The lowest BCUT2D eigenvalue weighted by Gasteiger charge is -2.36. The average molecular weight is 369 g/mol. The van der Waals surface area contributed by atoms with Crippen LogP contribution in [0.25, 0.3) is 0 Å². The molecule has 0 aliphatic carbocycles. The highest BCUT2D eigenvalue weighted by atomic mass is 32.1. The van der Waals surface area contributed by atoms with Crippen LogP contribution in [0.2, 0.25) is 0 Å². The molecule has 1 saturated heterocycles. The molecular weight excluding hydrogens is 352 g/mol. The van der Waals surface area contributed by atoms with Gasteiger partial charge in [-0.15, -0.1) is 11.3 Å². The lowest BCUT2D eigenvalue weighted by atomic mass is 10.2. The Labute approximate surface area is 147 Å². The summed E-state index contributed by atoms with van der Waals surface area (Å²) in [6, 6.07) is 7.94. The van der Waals surface area contributed by atoms with Gasteiger partial charge >= 0.3 is 6.61 Å². The predicted molar refractivity (Wildman–Crippen MR) is 91.5 cm³/mol. The summed E-state index contributed by atoms with van der Waals surface area (Å²) in [6.07, 6.45) is 0. The van der Waals surface area contributed by atoms with Gasteiger partial charge < -0.3 is 9.64 Å². The first-order chi connectivity index (χ1) is 12.0. The Balaban J connectivity index is 1.70. The lowest BCUT2D eigenvalue weighted by molar-refractivity contribution is -0.385. The number of anilines is 1. The van der Waals surface area contributed by atoms with E-state index >= 15 is 0 Å². The van der Waals surface area contributed by atoms with E-state index in [2.05, 4.69) is 15.7 Å². The molecule has 0 atom stereocenters. The molecule has 2 heterocycles. The minimum atomic E-state index is -3.03. The molecule has 0 amide bonds. The van der Waals surface area contributed by atoms with Crippen molar-refractivity contribution in [3.05, 3.63) is 50.7 Å². The largest absolute Gasteiger partial charge is 0.432 e. The Morgan fingerprint density at radius 1 is 1.24 bits per heavy atom. The minimum Gasteiger partial charge on any atom is -0.432 e. The number of nitro benzene ring substituents is 1. The number of nitrogens with zero attached hydrogens (tertiary/aromatic N) is 3. The monoisotopic (exact) mass is 369 g/mol. The third-order valence-electron chi connectivity index (χ3n) is 4.04. The second-order valence-electron chi connectivity index (χ2n) is 5.63. The average Bonchev–Trinajstić information content (AvgIpc) is 3.08. The number of rotatable bonds is 6. The van der Waals surface area contributed by atoms with Crippen molar-refractivity contribution in [2.45, 2.75) is 13.2 Å². The van der Waals surface area contributed by atoms with Crippen LogP contribution in [0.1, 0.15) is 4.88 Å². The molecule has 1 aromatic carbocycles. The molecule has 0 unspecified atom stereocenters. The predicted octanol–water partition coefficient (Wildman–Crippen LogP) is 3.58. The molecule has 0 spiro atoms. The molecule has 2 aromatic rings. The van der Waals surface area contributed by atoms with Gasteiger partial charge in [-0.3, -0.25) is 15.0 Å². The van der Waals surface area contributed by atoms with Crippen LogP contribution in [-0.2, 0) is 6.54 Å². The number of nitro groups is 1. The van der Waals surface area contributed by atoms with E-state index in [0.717, 1.165) is 25.7 Å². The molecule has 0 radical (unpaired) electrons. The summed E-state index contributed by atoms with van der Waals surface area (Å²) in [5.41, 5.74) is 0.192. The van der Waals surface area contributed by atoms with Crippen molar-refractivity contribution in [2.24, 2.45) is 0 Å². The summed E-state index contributed by atoms with van der Waals surface area (Å²) in [4.78, 5) is 15.7. The van der Waals surface area contributed by atoms with Crippen LogP contribution in [0.5, 0.6) is 5.75 Å². The van der Waals surface area contributed by atoms with Crippen molar-refractivity contribution in [1.29, 1.82) is 0 Å². The van der Waals surface area contributed by atoms with E-state index in [1.807, 2.05) is 16.3 Å². The number of hydrogen-bond acceptors (Lipinski definition) is 6. The molecule has 0 bridgehead atoms. The standard InChI is InChI=1S/C16H17F2N3O3S/c17-16(18)24-15-10-12(21(22)23)3-4-14(15)20-7-5-19(6-8-20)11-13-2-1-9-25-13/h1-4,9-10,16H,5-8,11H2. The Bertz CT molecular complexity index is 719. The van der Waals surface area contributed by atoms with Gasteiger partial charge in [0.2, 0.25) is 0 Å². The number of halogens is 2. The highest BCUT2D eigenvalue weighted by molar-refractivity contribution is 7.09. The number of thiophene rings is 1. The maximum Gasteiger partial charge on any atom is 0.387 e. The van der Waals surface area contributed by atoms with Crippen molar-refractivity contribution >= 4 is 22.7 Å². The van der Waals surface area contributed by atoms with Crippen molar-refractivity contribution in [2.75, 3.05) is 31.1 Å². The van der Waals surface area contributed by atoms with Gasteiger partial charge in [0.25, 0.3) is 5.69 Å². The number of ether oxygens (including phenoxy) is 1. The molecule has 25 heavy (non-hydrogen) atoms. The van der Waals surface area contributed by atoms with Gasteiger partial charge in [0.15, 0.2) is 5.75 Å². The molecule has 1 fully saturated rings. The van der Waals surface area contributed by atoms with Gasteiger partial charge in [0.1, 0.15) is 0 Å². The van der Waals surface area contributed by atoms with Crippen LogP contribution in [0, 0.1) is 10.1 Å². The first kappa shape index (κ1) is 17.6. The third-order valence-corrected chi connectivity index (χ3v) is 4.90. The van der Waals surface area contributed by atoms with E-state index in [-0.39, 0.29) is 11.4 Å². The highest BCUT2D eigenvalue weighted by Crippen LogP contribution is 2.34. The van der Waals surface area contributed by atoms with Crippen LogP contribution in [0.15, 0.2) is 35.7 Å². The fraction of sp³-hybridized carbons (Fsp3) is 0.375. The number of alkyl halides is 2. The zero-order valence-corrected chi connectivity index (χ0v) is 14.1. The molecule has 0 N–H and O–H groups in total. The van der Waals surface area contributed by atoms with E-state index in [0.29, 0.717) is 18.8 Å². The Kier molecular flexibility index (Phi) is 5.44. The highest BCUT2D eigenvalue weighted by Gasteiger charge is 2.23. The maximum atomic E-state index is 12.7. The van der Waals surface area contributed by atoms with E-state index in [9.17, 15) is 18.9 Å². The summed E-state index contributed by atoms with van der Waals surface area (Å²) in [6.45, 7) is 0.685. The first-order valence-corrected chi connectivity index (χ1v) is 8.64.